The van der Waals surface area contributed by atoms with Crippen LogP contribution >= 0.6 is 0 Å². The standard InChI is InChI=1S/C15H25N3O/c1-4-14-11(2)17-12(3)18-15(14)16-8-7-13-6-5-9-19-10-13/h13H,4-10H2,1-3H3,(H,16,17,18)/t13-/m0/s1. The van der Waals surface area contributed by atoms with Crippen molar-refractivity contribution >= 4 is 5.82 Å². The molecule has 0 radical (unpaired) electrons. The summed E-state index contributed by atoms with van der Waals surface area (Å²) in [6.07, 6.45) is 4.63. The molecule has 0 unspecified atom stereocenters. The van der Waals surface area contributed by atoms with E-state index in [1.165, 1.54) is 18.4 Å². The highest BCUT2D eigenvalue weighted by Crippen LogP contribution is 2.19. The molecule has 1 aromatic rings. The van der Waals surface area contributed by atoms with Crippen molar-refractivity contribution in [1.29, 1.82) is 0 Å². The Bertz CT molecular complexity index is 414. The maximum Gasteiger partial charge on any atom is 0.133 e. The zero-order valence-electron chi connectivity index (χ0n) is 12.3. The zero-order valence-corrected chi connectivity index (χ0v) is 12.3. The summed E-state index contributed by atoms with van der Waals surface area (Å²) in [5.41, 5.74) is 2.34. The second kappa shape index (κ2) is 6.85. The summed E-state index contributed by atoms with van der Waals surface area (Å²) in [5, 5.41) is 3.49. The molecule has 19 heavy (non-hydrogen) atoms. The van der Waals surface area contributed by atoms with Gasteiger partial charge in [0, 0.05) is 31.0 Å². The predicted molar refractivity (Wildman–Crippen MR) is 77.5 cm³/mol. The first-order valence-corrected chi connectivity index (χ1v) is 7.36. The number of hydrogen-bond donors (Lipinski definition) is 1. The average molecular weight is 263 g/mol. The largest absolute Gasteiger partial charge is 0.381 e. The molecule has 1 N–H and O–H groups in total. The fraction of sp³-hybridized carbons (Fsp3) is 0.733. The lowest BCUT2D eigenvalue weighted by atomic mass is 9.99. The summed E-state index contributed by atoms with van der Waals surface area (Å²) in [6.45, 7) is 9.00. The van der Waals surface area contributed by atoms with E-state index in [4.69, 9.17) is 4.74 Å². The maximum atomic E-state index is 5.51. The molecule has 1 saturated heterocycles. The summed E-state index contributed by atoms with van der Waals surface area (Å²) in [5.74, 6) is 2.57. The second-order valence-corrected chi connectivity index (χ2v) is 5.34. The van der Waals surface area contributed by atoms with E-state index in [1.54, 1.807) is 0 Å². The topological polar surface area (TPSA) is 47.0 Å². The fourth-order valence-corrected chi connectivity index (χ4v) is 2.74. The third-order valence-corrected chi connectivity index (χ3v) is 3.78. The molecule has 1 aliphatic heterocycles. The van der Waals surface area contributed by atoms with Crippen molar-refractivity contribution in [1.82, 2.24) is 9.97 Å². The van der Waals surface area contributed by atoms with Crippen molar-refractivity contribution in [2.75, 3.05) is 25.1 Å². The first-order valence-electron chi connectivity index (χ1n) is 7.36. The molecule has 0 aliphatic carbocycles. The monoisotopic (exact) mass is 263 g/mol. The summed E-state index contributed by atoms with van der Waals surface area (Å²) >= 11 is 0. The summed E-state index contributed by atoms with van der Waals surface area (Å²) in [4.78, 5) is 8.97. The van der Waals surface area contributed by atoms with Crippen LogP contribution in [0.25, 0.3) is 0 Å². The molecule has 0 saturated carbocycles. The van der Waals surface area contributed by atoms with Gasteiger partial charge in [0.05, 0.1) is 0 Å². The number of hydrogen-bond acceptors (Lipinski definition) is 4. The van der Waals surface area contributed by atoms with E-state index in [0.717, 1.165) is 49.9 Å². The summed E-state index contributed by atoms with van der Waals surface area (Å²) in [6, 6.07) is 0. The van der Waals surface area contributed by atoms with Gasteiger partial charge in [0.15, 0.2) is 0 Å². The van der Waals surface area contributed by atoms with Crippen molar-refractivity contribution in [3.05, 3.63) is 17.1 Å². The number of anilines is 1. The molecule has 4 heteroatoms. The first-order chi connectivity index (χ1) is 9.20. The van der Waals surface area contributed by atoms with E-state index in [-0.39, 0.29) is 0 Å². The Hall–Kier alpha value is -1.16. The van der Waals surface area contributed by atoms with E-state index in [2.05, 4.69) is 29.1 Å². The molecule has 1 atom stereocenters. The molecule has 1 aromatic heterocycles. The van der Waals surface area contributed by atoms with Gasteiger partial charge in [-0.25, -0.2) is 9.97 Å². The van der Waals surface area contributed by atoms with Crippen LogP contribution in [-0.4, -0.2) is 29.7 Å². The van der Waals surface area contributed by atoms with Gasteiger partial charge in [-0.05, 0) is 45.4 Å². The molecule has 106 valence electrons. The minimum atomic E-state index is 0.704. The van der Waals surface area contributed by atoms with E-state index in [9.17, 15) is 0 Å². The van der Waals surface area contributed by atoms with Crippen LogP contribution in [-0.2, 0) is 11.2 Å². The Labute approximate surface area is 116 Å². The first kappa shape index (κ1) is 14.3. The SMILES string of the molecule is CCc1c(C)nc(C)nc1NCC[C@@H]1CCCOC1. The molecule has 0 bridgehead atoms. The Balaban J connectivity index is 1.91. The molecule has 0 amide bonds. The van der Waals surface area contributed by atoms with Crippen molar-refractivity contribution in [2.24, 2.45) is 5.92 Å². The van der Waals surface area contributed by atoms with Crippen LogP contribution in [0.1, 0.15) is 43.3 Å². The van der Waals surface area contributed by atoms with E-state index in [0.29, 0.717) is 5.92 Å². The number of aromatic nitrogens is 2. The molecule has 0 aromatic carbocycles. The van der Waals surface area contributed by atoms with Gasteiger partial charge in [-0.2, -0.15) is 0 Å². The van der Waals surface area contributed by atoms with Crippen LogP contribution in [0.5, 0.6) is 0 Å². The molecule has 4 nitrogen and oxygen atoms in total. The lowest BCUT2D eigenvalue weighted by molar-refractivity contribution is 0.0530. The number of aryl methyl sites for hydroxylation is 2. The van der Waals surface area contributed by atoms with Gasteiger partial charge < -0.3 is 10.1 Å². The summed E-state index contributed by atoms with van der Waals surface area (Å²) in [7, 11) is 0. The average Bonchev–Trinajstić information content (AvgIpc) is 2.39. The third kappa shape index (κ3) is 3.90. The minimum Gasteiger partial charge on any atom is -0.381 e. The van der Waals surface area contributed by atoms with E-state index in [1.807, 2.05) is 6.92 Å². The lowest BCUT2D eigenvalue weighted by Gasteiger charge is -2.22. The lowest BCUT2D eigenvalue weighted by Crippen LogP contribution is -2.20. The smallest absolute Gasteiger partial charge is 0.133 e. The Morgan fingerprint density at radius 1 is 1.32 bits per heavy atom. The van der Waals surface area contributed by atoms with Gasteiger partial charge in [0.25, 0.3) is 0 Å². The molecule has 2 heterocycles. The van der Waals surface area contributed by atoms with Crippen LogP contribution in [0.3, 0.4) is 0 Å². The Kier molecular flexibility index (Phi) is 5.14. The fourth-order valence-electron chi connectivity index (χ4n) is 2.74. The number of nitrogens with one attached hydrogen (secondary N) is 1. The highest BCUT2D eigenvalue weighted by atomic mass is 16.5. The maximum absolute atomic E-state index is 5.51. The number of nitrogens with zero attached hydrogens (tertiary/aromatic N) is 2. The normalized spacial score (nSPS) is 19.4. The van der Waals surface area contributed by atoms with Gasteiger partial charge in [-0.1, -0.05) is 6.92 Å². The van der Waals surface area contributed by atoms with Crippen LogP contribution in [0.2, 0.25) is 0 Å². The van der Waals surface area contributed by atoms with Crippen molar-refractivity contribution in [3.63, 3.8) is 0 Å². The molecular formula is C15H25N3O. The van der Waals surface area contributed by atoms with Crippen molar-refractivity contribution in [3.8, 4) is 0 Å². The highest BCUT2D eigenvalue weighted by Gasteiger charge is 2.14. The van der Waals surface area contributed by atoms with Gasteiger partial charge in [-0.15, -0.1) is 0 Å². The number of ether oxygens (including phenoxy) is 1. The van der Waals surface area contributed by atoms with E-state index >= 15 is 0 Å². The highest BCUT2D eigenvalue weighted by molar-refractivity contribution is 5.46. The quantitative estimate of drug-likeness (QED) is 0.887. The van der Waals surface area contributed by atoms with E-state index < -0.39 is 0 Å². The molecule has 0 spiro atoms. The van der Waals surface area contributed by atoms with Crippen LogP contribution in [0.4, 0.5) is 5.82 Å². The molecule has 2 rings (SSSR count). The second-order valence-electron chi connectivity index (χ2n) is 5.34. The van der Waals surface area contributed by atoms with Gasteiger partial charge in [-0.3, -0.25) is 0 Å². The predicted octanol–water partition coefficient (Wildman–Crippen LogP) is 2.88. The van der Waals surface area contributed by atoms with Crippen LogP contribution in [0.15, 0.2) is 0 Å². The van der Waals surface area contributed by atoms with Gasteiger partial charge in [0.2, 0.25) is 0 Å². The van der Waals surface area contributed by atoms with Gasteiger partial charge >= 0.3 is 0 Å². The Morgan fingerprint density at radius 2 is 2.16 bits per heavy atom. The van der Waals surface area contributed by atoms with Crippen LogP contribution in [0, 0.1) is 19.8 Å². The van der Waals surface area contributed by atoms with Crippen molar-refractivity contribution in [2.45, 2.75) is 46.5 Å². The third-order valence-electron chi connectivity index (χ3n) is 3.78. The molecule has 1 fully saturated rings. The molecule has 1 aliphatic rings. The summed E-state index contributed by atoms with van der Waals surface area (Å²) < 4.78 is 5.51. The number of rotatable bonds is 5. The zero-order chi connectivity index (χ0) is 13.7. The van der Waals surface area contributed by atoms with Crippen molar-refractivity contribution < 1.29 is 4.74 Å². The Morgan fingerprint density at radius 3 is 2.84 bits per heavy atom. The van der Waals surface area contributed by atoms with Gasteiger partial charge in [0.1, 0.15) is 11.6 Å². The van der Waals surface area contributed by atoms with Crippen LogP contribution < -0.4 is 5.32 Å². The molecular weight excluding hydrogens is 238 g/mol. The minimum absolute atomic E-state index is 0.704.